The molecule has 1 heterocycles. The van der Waals surface area contributed by atoms with E-state index in [1.165, 1.54) is 5.56 Å². The zero-order valence-electron chi connectivity index (χ0n) is 12.5. The van der Waals surface area contributed by atoms with E-state index in [9.17, 15) is 4.79 Å². The molecule has 0 fully saturated rings. The lowest BCUT2D eigenvalue weighted by atomic mass is 10.2. The van der Waals surface area contributed by atoms with Crippen LogP contribution in [0.15, 0.2) is 30.3 Å². The van der Waals surface area contributed by atoms with Crippen LogP contribution in [0.3, 0.4) is 0 Å². The van der Waals surface area contributed by atoms with Crippen LogP contribution in [0.5, 0.6) is 0 Å². The summed E-state index contributed by atoms with van der Waals surface area (Å²) in [6.07, 6.45) is 0.413. The number of carbonyl (C=O) groups excluding carboxylic acids is 1. The molecule has 0 aliphatic heterocycles. The second-order valence-corrected chi connectivity index (χ2v) is 5.34. The van der Waals surface area contributed by atoms with Crippen molar-refractivity contribution in [1.82, 2.24) is 9.78 Å². The van der Waals surface area contributed by atoms with E-state index in [4.69, 9.17) is 0 Å². The fourth-order valence-corrected chi connectivity index (χ4v) is 2.30. The topological polar surface area (TPSA) is 46.9 Å². The molecule has 0 aliphatic carbocycles. The second-order valence-electron chi connectivity index (χ2n) is 5.34. The van der Waals surface area contributed by atoms with E-state index < -0.39 is 0 Å². The Bertz CT molecular complexity index is 599. The lowest BCUT2D eigenvalue weighted by Crippen LogP contribution is -2.19. The summed E-state index contributed by atoms with van der Waals surface area (Å²) in [5.74, 6) is 0.00825. The number of benzene rings is 1. The molecule has 1 aromatic heterocycles. The van der Waals surface area contributed by atoms with Crippen LogP contribution in [0.1, 0.15) is 36.3 Å². The number of carbonyl (C=O) groups is 1. The Kier molecular flexibility index (Phi) is 4.23. The number of nitrogens with one attached hydrogen (secondary N) is 1. The highest BCUT2D eigenvalue weighted by atomic mass is 16.1. The molecule has 1 atom stereocenters. The summed E-state index contributed by atoms with van der Waals surface area (Å²) in [7, 11) is 0. The summed E-state index contributed by atoms with van der Waals surface area (Å²) in [5, 5.41) is 7.33. The van der Waals surface area contributed by atoms with Crippen molar-refractivity contribution in [1.29, 1.82) is 0 Å². The minimum atomic E-state index is 0.00825. The van der Waals surface area contributed by atoms with Gasteiger partial charge in [-0.2, -0.15) is 5.10 Å². The highest BCUT2D eigenvalue weighted by Crippen LogP contribution is 2.16. The third-order valence-electron chi connectivity index (χ3n) is 3.28. The molecule has 106 valence electrons. The Morgan fingerprint density at radius 2 is 1.90 bits per heavy atom. The van der Waals surface area contributed by atoms with Crippen molar-refractivity contribution in [2.24, 2.45) is 0 Å². The molecule has 0 aliphatic rings. The monoisotopic (exact) mass is 271 g/mol. The van der Waals surface area contributed by atoms with Crippen molar-refractivity contribution in [3.05, 3.63) is 47.3 Å². The van der Waals surface area contributed by atoms with Crippen LogP contribution in [0.25, 0.3) is 0 Å². The van der Waals surface area contributed by atoms with Crippen LogP contribution < -0.4 is 5.32 Å². The van der Waals surface area contributed by atoms with Gasteiger partial charge >= 0.3 is 0 Å². The van der Waals surface area contributed by atoms with Crippen LogP contribution >= 0.6 is 0 Å². The van der Waals surface area contributed by atoms with Crippen LogP contribution in [-0.2, 0) is 4.79 Å². The van der Waals surface area contributed by atoms with E-state index in [1.54, 1.807) is 0 Å². The molecule has 0 spiro atoms. The Labute approximate surface area is 119 Å². The first-order valence-corrected chi connectivity index (χ1v) is 6.85. The number of aryl methyl sites for hydroxylation is 3. The number of aromatic nitrogens is 2. The van der Waals surface area contributed by atoms with Gasteiger partial charge in [0.1, 0.15) is 0 Å². The third kappa shape index (κ3) is 3.47. The molecule has 0 bridgehead atoms. The van der Waals surface area contributed by atoms with Crippen molar-refractivity contribution in [3.8, 4) is 0 Å². The SMILES string of the molecule is Cc1ccc(NC(=O)C[C@@H](C)n2nc(C)cc2C)cc1. The summed E-state index contributed by atoms with van der Waals surface area (Å²) >= 11 is 0. The zero-order chi connectivity index (χ0) is 14.7. The van der Waals surface area contributed by atoms with Gasteiger partial charge in [0.25, 0.3) is 0 Å². The van der Waals surface area contributed by atoms with Gasteiger partial charge in [-0.05, 0) is 45.9 Å². The standard InChI is InChI=1S/C16H21N3O/c1-11-5-7-15(8-6-11)17-16(20)10-14(4)19-13(3)9-12(2)18-19/h5-9,14H,10H2,1-4H3,(H,17,20)/t14-/m1/s1. The molecule has 4 nitrogen and oxygen atoms in total. The van der Waals surface area contributed by atoms with Gasteiger partial charge < -0.3 is 5.32 Å². The van der Waals surface area contributed by atoms with Crippen molar-refractivity contribution >= 4 is 11.6 Å². The van der Waals surface area contributed by atoms with Crippen LogP contribution in [-0.4, -0.2) is 15.7 Å². The minimum Gasteiger partial charge on any atom is -0.326 e. The van der Waals surface area contributed by atoms with Gasteiger partial charge in [-0.1, -0.05) is 17.7 Å². The molecule has 1 amide bonds. The fourth-order valence-electron chi connectivity index (χ4n) is 2.30. The van der Waals surface area contributed by atoms with Gasteiger partial charge in [0.2, 0.25) is 5.91 Å². The number of amides is 1. The van der Waals surface area contributed by atoms with E-state index in [0.717, 1.165) is 17.1 Å². The summed E-state index contributed by atoms with van der Waals surface area (Å²) < 4.78 is 1.91. The molecule has 2 aromatic rings. The van der Waals surface area contributed by atoms with E-state index >= 15 is 0 Å². The quantitative estimate of drug-likeness (QED) is 0.926. The molecule has 20 heavy (non-hydrogen) atoms. The lowest BCUT2D eigenvalue weighted by Gasteiger charge is -2.14. The Morgan fingerprint density at radius 3 is 2.45 bits per heavy atom. The van der Waals surface area contributed by atoms with Gasteiger partial charge in [0.05, 0.1) is 11.7 Å². The average molecular weight is 271 g/mol. The van der Waals surface area contributed by atoms with E-state index in [-0.39, 0.29) is 11.9 Å². The van der Waals surface area contributed by atoms with Crippen LogP contribution in [0.4, 0.5) is 5.69 Å². The Balaban J connectivity index is 1.97. The smallest absolute Gasteiger partial charge is 0.226 e. The second kappa shape index (κ2) is 5.90. The van der Waals surface area contributed by atoms with Crippen molar-refractivity contribution in [2.75, 3.05) is 5.32 Å². The number of nitrogens with zero attached hydrogens (tertiary/aromatic N) is 2. The lowest BCUT2D eigenvalue weighted by molar-refractivity contribution is -0.116. The molecule has 0 unspecified atom stereocenters. The molecule has 4 heteroatoms. The van der Waals surface area contributed by atoms with Crippen molar-refractivity contribution < 1.29 is 4.79 Å². The molecular formula is C16H21N3O. The molecule has 0 saturated heterocycles. The number of hydrogen-bond acceptors (Lipinski definition) is 2. The van der Waals surface area contributed by atoms with Gasteiger partial charge in [-0.25, -0.2) is 0 Å². The van der Waals surface area contributed by atoms with E-state index in [0.29, 0.717) is 6.42 Å². The van der Waals surface area contributed by atoms with E-state index in [2.05, 4.69) is 10.4 Å². The fraction of sp³-hybridized carbons (Fsp3) is 0.375. The molecule has 0 radical (unpaired) electrons. The predicted molar refractivity (Wildman–Crippen MR) is 80.8 cm³/mol. The van der Waals surface area contributed by atoms with Crippen LogP contribution in [0.2, 0.25) is 0 Å². The highest BCUT2D eigenvalue weighted by Gasteiger charge is 2.14. The Hall–Kier alpha value is -2.10. The van der Waals surface area contributed by atoms with Gasteiger partial charge in [0.15, 0.2) is 0 Å². The largest absolute Gasteiger partial charge is 0.326 e. The predicted octanol–water partition coefficient (Wildman–Crippen LogP) is 3.40. The maximum atomic E-state index is 12.0. The van der Waals surface area contributed by atoms with Gasteiger partial charge in [0, 0.05) is 17.8 Å². The summed E-state index contributed by atoms with van der Waals surface area (Å²) in [6, 6.07) is 9.88. The minimum absolute atomic E-state index is 0.00825. The van der Waals surface area contributed by atoms with Crippen molar-refractivity contribution in [2.45, 2.75) is 40.2 Å². The average Bonchev–Trinajstić information content (AvgIpc) is 2.71. The molecule has 0 saturated carbocycles. The van der Waals surface area contributed by atoms with Gasteiger partial charge in [-0.15, -0.1) is 0 Å². The molecule has 1 N–H and O–H groups in total. The molecule has 1 aromatic carbocycles. The van der Waals surface area contributed by atoms with Crippen molar-refractivity contribution in [3.63, 3.8) is 0 Å². The first-order valence-electron chi connectivity index (χ1n) is 6.85. The number of anilines is 1. The summed E-state index contributed by atoms with van der Waals surface area (Å²) in [5.41, 5.74) is 4.08. The first-order chi connectivity index (χ1) is 9.45. The van der Waals surface area contributed by atoms with E-state index in [1.807, 2.05) is 62.7 Å². The summed E-state index contributed by atoms with van der Waals surface area (Å²) in [6.45, 7) is 8.00. The third-order valence-corrected chi connectivity index (χ3v) is 3.28. The number of hydrogen-bond donors (Lipinski definition) is 1. The van der Waals surface area contributed by atoms with Gasteiger partial charge in [-0.3, -0.25) is 9.48 Å². The Morgan fingerprint density at radius 1 is 1.25 bits per heavy atom. The summed E-state index contributed by atoms with van der Waals surface area (Å²) in [4.78, 5) is 12.0. The molecule has 2 rings (SSSR count). The van der Waals surface area contributed by atoms with Crippen LogP contribution in [0, 0.1) is 20.8 Å². The first kappa shape index (κ1) is 14.3. The molecular weight excluding hydrogens is 250 g/mol. The zero-order valence-corrected chi connectivity index (χ0v) is 12.5. The maximum Gasteiger partial charge on any atom is 0.226 e. The normalized spacial score (nSPS) is 12.2. The highest BCUT2D eigenvalue weighted by molar-refractivity contribution is 5.90. The maximum absolute atomic E-state index is 12.0. The number of rotatable bonds is 4.